The van der Waals surface area contributed by atoms with Crippen molar-refractivity contribution in [1.82, 2.24) is 25.1 Å². The topological polar surface area (TPSA) is 98.7 Å². The van der Waals surface area contributed by atoms with Crippen LogP contribution in [0.15, 0.2) is 34.9 Å². The maximum atomic E-state index is 12.2. The van der Waals surface area contributed by atoms with E-state index in [1.54, 1.807) is 0 Å². The fourth-order valence-electron chi connectivity index (χ4n) is 3.46. The molecule has 9 heteroatoms. The predicted octanol–water partition coefficient (Wildman–Crippen LogP) is 2.81. The molecule has 3 aliphatic rings. The van der Waals surface area contributed by atoms with E-state index < -0.39 is 0 Å². The third-order valence-corrected chi connectivity index (χ3v) is 6.57. The minimum Gasteiger partial charge on any atom is -0.374 e. The number of thioether (sulfide) groups is 1. The molecule has 136 valence electrons. The van der Waals surface area contributed by atoms with E-state index in [-0.39, 0.29) is 11.9 Å². The average Bonchev–Trinajstić information content (AvgIpc) is 3.29. The van der Waals surface area contributed by atoms with E-state index in [9.17, 15) is 4.79 Å². The van der Waals surface area contributed by atoms with Crippen LogP contribution in [0.2, 0.25) is 0 Å². The molecular weight excluding hydrogens is 368 g/mol. The van der Waals surface area contributed by atoms with Crippen LogP contribution in [-0.4, -0.2) is 37.5 Å². The Labute approximate surface area is 159 Å². The molecule has 2 aliphatic heterocycles. The molecule has 1 saturated carbocycles. The summed E-state index contributed by atoms with van der Waals surface area (Å²) < 4.78 is 3.01. The van der Waals surface area contributed by atoms with E-state index in [2.05, 4.69) is 43.4 Å². The lowest BCUT2D eigenvalue weighted by Crippen LogP contribution is -2.39. The lowest BCUT2D eigenvalue weighted by atomic mass is 9.90. The van der Waals surface area contributed by atoms with Crippen LogP contribution in [0.5, 0.6) is 0 Å². The summed E-state index contributed by atoms with van der Waals surface area (Å²) in [4.78, 5) is 16.6. The maximum absolute atomic E-state index is 12.2. The van der Waals surface area contributed by atoms with Gasteiger partial charge in [-0.25, -0.2) is 4.98 Å². The van der Waals surface area contributed by atoms with Gasteiger partial charge in [-0.15, -0.1) is 10.2 Å². The highest BCUT2D eigenvalue weighted by atomic mass is 32.2. The molecule has 0 radical (unpaired) electrons. The summed E-state index contributed by atoms with van der Waals surface area (Å²) in [7, 11) is 0. The first-order chi connectivity index (χ1) is 12.7. The molecule has 3 N–H and O–H groups in total. The van der Waals surface area contributed by atoms with Crippen molar-refractivity contribution in [3.63, 3.8) is 0 Å². The number of hydrogen-bond acceptors (Lipinski definition) is 7. The summed E-state index contributed by atoms with van der Waals surface area (Å²) in [5, 5.41) is 11.2. The minimum absolute atomic E-state index is 0.0414. The number of pyridine rings is 1. The molecule has 0 spiro atoms. The third-order valence-electron chi connectivity index (χ3n) is 4.68. The summed E-state index contributed by atoms with van der Waals surface area (Å²) in [6.45, 7) is 0. The predicted molar refractivity (Wildman–Crippen MR) is 103 cm³/mol. The number of carbonyl (C=O) groups is 1. The number of rotatable bonds is 5. The second-order valence-corrected chi connectivity index (χ2v) is 8.64. The summed E-state index contributed by atoms with van der Waals surface area (Å²) in [6, 6.07) is 6.90. The largest absolute Gasteiger partial charge is 0.374 e. The maximum Gasteiger partial charge on any atom is 0.230 e. The van der Waals surface area contributed by atoms with Crippen molar-refractivity contribution in [3.05, 3.63) is 30.6 Å². The first-order valence-corrected chi connectivity index (χ1v) is 10.4. The molecule has 26 heavy (non-hydrogen) atoms. The van der Waals surface area contributed by atoms with Crippen LogP contribution in [0, 0.1) is 0 Å². The minimum atomic E-state index is 0.0414. The number of nitrogen functional groups attached to an aromatic ring is 1. The Morgan fingerprint density at radius 3 is 2.92 bits per heavy atom. The molecule has 1 aromatic rings. The Bertz CT molecular complexity index is 854. The van der Waals surface area contributed by atoms with E-state index in [1.165, 1.54) is 28.7 Å². The highest BCUT2D eigenvalue weighted by Gasteiger charge is 2.25. The second kappa shape index (κ2) is 7.63. The van der Waals surface area contributed by atoms with Crippen LogP contribution < -0.4 is 11.1 Å². The Kier molecular flexibility index (Phi) is 5.07. The zero-order chi connectivity index (χ0) is 17.9. The van der Waals surface area contributed by atoms with Gasteiger partial charge in [0, 0.05) is 30.0 Å². The van der Waals surface area contributed by atoms with Gasteiger partial charge in [0.25, 0.3) is 0 Å². The number of carbonyl (C=O) groups excluding carboxylic acids is 1. The number of nitrogens with two attached hydrogens (primary N) is 1. The molecule has 7 nitrogen and oxygen atoms in total. The quantitative estimate of drug-likeness (QED) is 0.652. The molecule has 3 heterocycles. The van der Waals surface area contributed by atoms with Gasteiger partial charge < -0.3 is 15.6 Å². The van der Waals surface area contributed by atoms with Gasteiger partial charge in [-0.2, -0.15) is 0 Å². The third kappa shape index (κ3) is 3.83. The number of fused-ring (bicyclic) bond motifs is 1. The molecule has 0 saturated heterocycles. The molecule has 1 fully saturated rings. The number of amides is 1. The van der Waals surface area contributed by atoms with Gasteiger partial charge in [0.1, 0.15) is 5.82 Å². The molecule has 0 unspecified atom stereocenters. The summed E-state index contributed by atoms with van der Waals surface area (Å²) in [6.07, 6.45) is 8.02. The fourth-order valence-corrected chi connectivity index (χ4v) is 4.91. The van der Waals surface area contributed by atoms with Gasteiger partial charge in [-0.05, 0) is 43.9 Å². The van der Waals surface area contributed by atoms with E-state index in [1.807, 2.05) is 12.3 Å². The SMILES string of the molecule is Nc1nnc(SCC(=O)NC2CCC(n3cccc4ccnc3-4)CC2)s1. The van der Waals surface area contributed by atoms with Crippen molar-refractivity contribution in [3.8, 4) is 11.4 Å². The number of anilines is 1. The number of nitrogens with zero attached hydrogens (tertiary/aromatic N) is 4. The average molecular weight is 389 g/mol. The van der Waals surface area contributed by atoms with Gasteiger partial charge in [-0.3, -0.25) is 4.79 Å². The Hall–Kier alpha value is -2.13. The lowest BCUT2D eigenvalue weighted by molar-refractivity contribution is -0.119. The second-order valence-electron chi connectivity index (χ2n) is 6.41. The van der Waals surface area contributed by atoms with Crippen molar-refractivity contribution in [2.24, 2.45) is 0 Å². The molecule has 1 aromatic heterocycles. The van der Waals surface area contributed by atoms with Crippen molar-refractivity contribution in [2.45, 2.75) is 42.1 Å². The zero-order valence-electron chi connectivity index (χ0n) is 14.2. The van der Waals surface area contributed by atoms with Crippen LogP contribution in [-0.2, 0) is 4.79 Å². The molecular formula is C17H20N6OS2. The molecule has 1 amide bonds. The van der Waals surface area contributed by atoms with E-state index in [0.29, 0.717) is 16.9 Å². The van der Waals surface area contributed by atoms with Gasteiger partial charge in [-0.1, -0.05) is 23.1 Å². The normalized spacial score (nSPS) is 20.3. The Balaban J connectivity index is 1.27. The van der Waals surface area contributed by atoms with Crippen LogP contribution in [0.25, 0.3) is 11.4 Å². The van der Waals surface area contributed by atoms with E-state index in [0.717, 1.165) is 35.8 Å². The van der Waals surface area contributed by atoms with Crippen molar-refractivity contribution >= 4 is 34.1 Å². The molecule has 0 aromatic carbocycles. The van der Waals surface area contributed by atoms with Crippen LogP contribution in [0.4, 0.5) is 5.13 Å². The smallest absolute Gasteiger partial charge is 0.230 e. The van der Waals surface area contributed by atoms with Crippen molar-refractivity contribution in [1.29, 1.82) is 0 Å². The Morgan fingerprint density at radius 2 is 2.15 bits per heavy atom. The van der Waals surface area contributed by atoms with E-state index >= 15 is 0 Å². The van der Waals surface area contributed by atoms with Gasteiger partial charge in [0.05, 0.1) is 5.75 Å². The number of hydrogen-bond donors (Lipinski definition) is 2. The molecule has 0 atom stereocenters. The van der Waals surface area contributed by atoms with Gasteiger partial charge in [0.15, 0.2) is 4.34 Å². The first kappa shape index (κ1) is 17.3. The molecule has 4 rings (SSSR count). The highest BCUT2D eigenvalue weighted by molar-refractivity contribution is 8.01. The lowest BCUT2D eigenvalue weighted by Gasteiger charge is -2.31. The van der Waals surface area contributed by atoms with Crippen LogP contribution >= 0.6 is 23.1 Å². The summed E-state index contributed by atoms with van der Waals surface area (Å²) >= 11 is 2.68. The summed E-state index contributed by atoms with van der Waals surface area (Å²) in [5.74, 6) is 1.44. The zero-order valence-corrected chi connectivity index (χ0v) is 15.8. The summed E-state index contributed by atoms with van der Waals surface area (Å²) in [5.41, 5.74) is 6.73. The molecule has 0 bridgehead atoms. The Morgan fingerprint density at radius 1 is 1.31 bits per heavy atom. The highest BCUT2D eigenvalue weighted by Crippen LogP contribution is 2.32. The van der Waals surface area contributed by atoms with Crippen LogP contribution in [0.1, 0.15) is 31.7 Å². The van der Waals surface area contributed by atoms with Crippen LogP contribution in [0.3, 0.4) is 0 Å². The van der Waals surface area contributed by atoms with E-state index in [4.69, 9.17) is 5.73 Å². The van der Waals surface area contributed by atoms with Gasteiger partial charge in [0.2, 0.25) is 11.0 Å². The molecule has 1 aliphatic carbocycles. The number of aromatic nitrogens is 4. The van der Waals surface area contributed by atoms with Gasteiger partial charge >= 0.3 is 0 Å². The first-order valence-electron chi connectivity index (χ1n) is 8.62. The number of nitrogens with one attached hydrogen (secondary N) is 1. The standard InChI is InChI=1S/C17H20N6OS2/c18-16-21-22-17(26-16)25-10-14(24)20-12-3-5-13(6-4-12)23-9-1-2-11-7-8-19-15(11)23/h1-2,7-9,12-13H,3-6,10H2,(H2,18,21)(H,20,24). The monoisotopic (exact) mass is 388 g/mol. The van der Waals surface area contributed by atoms with Crippen molar-refractivity contribution in [2.75, 3.05) is 11.5 Å². The fraction of sp³-hybridized carbons (Fsp3) is 0.412. The van der Waals surface area contributed by atoms with Crippen molar-refractivity contribution < 1.29 is 4.79 Å².